The maximum atomic E-state index is 2.37. The Balaban J connectivity index is 2.40. The lowest BCUT2D eigenvalue weighted by Gasteiger charge is -2.35. The van der Waals surface area contributed by atoms with Gasteiger partial charge in [0, 0.05) is 15.2 Å². The standard InChI is InChI=1S/C14H22S/c1-8(2)9(3)12-10(4)11-7-14(5,6)13(11)15-12/h8-9H,7H2,1-6H3. The molecule has 1 heterocycles. The summed E-state index contributed by atoms with van der Waals surface area (Å²) in [6.45, 7) is 14.1. The number of hydrogen-bond donors (Lipinski definition) is 0. The molecule has 1 heteroatoms. The normalized spacial score (nSPS) is 19.9. The second-order valence-corrected chi connectivity index (χ2v) is 7.04. The van der Waals surface area contributed by atoms with Crippen molar-refractivity contribution in [3.63, 3.8) is 0 Å². The molecular weight excluding hydrogens is 200 g/mol. The zero-order valence-electron chi connectivity index (χ0n) is 10.8. The van der Waals surface area contributed by atoms with Gasteiger partial charge in [-0.25, -0.2) is 0 Å². The van der Waals surface area contributed by atoms with Gasteiger partial charge in [-0.15, -0.1) is 11.3 Å². The van der Waals surface area contributed by atoms with E-state index in [1.807, 2.05) is 0 Å². The second-order valence-electron chi connectivity index (χ2n) is 5.99. The zero-order chi connectivity index (χ0) is 11.4. The predicted molar refractivity (Wildman–Crippen MR) is 69.0 cm³/mol. The number of thiophene rings is 1. The van der Waals surface area contributed by atoms with E-state index >= 15 is 0 Å². The Kier molecular flexibility index (Phi) is 2.50. The van der Waals surface area contributed by atoms with Crippen molar-refractivity contribution < 1.29 is 0 Å². The SMILES string of the molecule is Cc1c(C(C)C(C)C)sc2c1CC2(C)C. The first-order valence-corrected chi connectivity index (χ1v) is 6.79. The van der Waals surface area contributed by atoms with Gasteiger partial charge in [0.05, 0.1) is 0 Å². The van der Waals surface area contributed by atoms with Gasteiger partial charge < -0.3 is 0 Å². The van der Waals surface area contributed by atoms with E-state index in [1.54, 1.807) is 20.9 Å². The van der Waals surface area contributed by atoms with Gasteiger partial charge in [0.1, 0.15) is 0 Å². The average molecular weight is 222 g/mol. The topological polar surface area (TPSA) is 0 Å². The third-order valence-corrected chi connectivity index (χ3v) is 5.86. The van der Waals surface area contributed by atoms with Crippen molar-refractivity contribution in [2.75, 3.05) is 0 Å². The molecule has 1 aromatic heterocycles. The van der Waals surface area contributed by atoms with Gasteiger partial charge in [0.15, 0.2) is 0 Å². The minimum atomic E-state index is 0.458. The Labute approximate surface area is 97.7 Å². The molecule has 1 aromatic rings. The van der Waals surface area contributed by atoms with E-state index in [4.69, 9.17) is 0 Å². The maximum absolute atomic E-state index is 2.37. The van der Waals surface area contributed by atoms with Crippen molar-refractivity contribution in [2.24, 2.45) is 5.92 Å². The molecule has 0 amide bonds. The third kappa shape index (κ3) is 1.56. The van der Waals surface area contributed by atoms with E-state index < -0.39 is 0 Å². The number of rotatable bonds is 2. The highest BCUT2D eigenvalue weighted by Crippen LogP contribution is 2.50. The van der Waals surface area contributed by atoms with Crippen LogP contribution >= 0.6 is 11.3 Å². The number of fused-ring (bicyclic) bond motifs is 1. The van der Waals surface area contributed by atoms with Gasteiger partial charge in [-0.05, 0) is 36.3 Å². The molecule has 0 nitrogen and oxygen atoms in total. The summed E-state index contributed by atoms with van der Waals surface area (Å²) in [5, 5.41) is 0. The van der Waals surface area contributed by atoms with Gasteiger partial charge in [-0.1, -0.05) is 34.6 Å². The Morgan fingerprint density at radius 2 is 1.80 bits per heavy atom. The Bertz CT molecular complexity index is 382. The van der Waals surface area contributed by atoms with Crippen LogP contribution in [-0.4, -0.2) is 0 Å². The summed E-state index contributed by atoms with van der Waals surface area (Å²) in [4.78, 5) is 3.29. The van der Waals surface area contributed by atoms with Crippen molar-refractivity contribution in [1.29, 1.82) is 0 Å². The van der Waals surface area contributed by atoms with Gasteiger partial charge >= 0.3 is 0 Å². The van der Waals surface area contributed by atoms with Crippen LogP contribution in [-0.2, 0) is 11.8 Å². The molecule has 0 aromatic carbocycles. The molecule has 2 rings (SSSR count). The minimum absolute atomic E-state index is 0.458. The molecule has 0 N–H and O–H groups in total. The summed E-state index contributed by atoms with van der Waals surface area (Å²) < 4.78 is 0. The molecule has 1 atom stereocenters. The van der Waals surface area contributed by atoms with Crippen LogP contribution in [0.25, 0.3) is 0 Å². The van der Waals surface area contributed by atoms with E-state index in [1.165, 1.54) is 6.42 Å². The van der Waals surface area contributed by atoms with E-state index in [0.29, 0.717) is 5.41 Å². The predicted octanol–water partition coefficient (Wildman–Crippen LogP) is 4.65. The summed E-state index contributed by atoms with van der Waals surface area (Å²) in [5.41, 5.74) is 3.71. The van der Waals surface area contributed by atoms with E-state index in [0.717, 1.165) is 11.8 Å². The van der Waals surface area contributed by atoms with Gasteiger partial charge in [0.2, 0.25) is 0 Å². The van der Waals surface area contributed by atoms with Gasteiger partial charge in [-0.3, -0.25) is 0 Å². The average Bonchev–Trinajstić information content (AvgIpc) is 2.39. The molecule has 0 saturated carbocycles. The summed E-state index contributed by atoms with van der Waals surface area (Å²) in [6, 6.07) is 0. The molecular formula is C14H22S. The van der Waals surface area contributed by atoms with Crippen LogP contribution in [0.2, 0.25) is 0 Å². The van der Waals surface area contributed by atoms with E-state index in [-0.39, 0.29) is 0 Å². The highest BCUT2D eigenvalue weighted by Gasteiger charge is 2.39. The van der Waals surface area contributed by atoms with Crippen molar-refractivity contribution in [3.05, 3.63) is 20.9 Å². The largest absolute Gasteiger partial charge is 0.144 e. The first-order chi connectivity index (χ1) is 6.84. The van der Waals surface area contributed by atoms with Crippen molar-refractivity contribution >= 4 is 11.3 Å². The molecule has 0 saturated heterocycles. The summed E-state index contributed by atoms with van der Waals surface area (Å²) in [6.07, 6.45) is 1.29. The molecule has 84 valence electrons. The first-order valence-electron chi connectivity index (χ1n) is 5.97. The quantitative estimate of drug-likeness (QED) is 0.683. The van der Waals surface area contributed by atoms with Gasteiger partial charge in [0.25, 0.3) is 0 Å². The van der Waals surface area contributed by atoms with Crippen LogP contribution in [0.3, 0.4) is 0 Å². The van der Waals surface area contributed by atoms with Crippen LogP contribution in [0.4, 0.5) is 0 Å². The second kappa shape index (κ2) is 3.35. The highest BCUT2D eigenvalue weighted by molar-refractivity contribution is 7.12. The fourth-order valence-corrected chi connectivity index (χ4v) is 4.13. The molecule has 1 unspecified atom stereocenters. The molecule has 1 aliphatic carbocycles. The van der Waals surface area contributed by atoms with E-state index in [9.17, 15) is 0 Å². The Morgan fingerprint density at radius 3 is 2.20 bits per heavy atom. The monoisotopic (exact) mass is 222 g/mol. The van der Waals surface area contributed by atoms with E-state index in [2.05, 4.69) is 52.9 Å². The van der Waals surface area contributed by atoms with Crippen LogP contribution in [0.1, 0.15) is 61.4 Å². The third-order valence-electron chi connectivity index (χ3n) is 3.96. The smallest absolute Gasteiger partial charge is 0.0143 e. The molecule has 0 radical (unpaired) electrons. The lowest BCUT2D eigenvalue weighted by Crippen LogP contribution is -2.30. The maximum Gasteiger partial charge on any atom is 0.0143 e. The van der Waals surface area contributed by atoms with Crippen LogP contribution in [0, 0.1) is 12.8 Å². The summed E-state index contributed by atoms with van der Waals surface area (Å²) >= 11 is 2.07. The lowest BCUT2D eigenvalue weighted by molar-refractivity contribution is 0.468. The van der Waals surface area contributed by atoms with Gasteiger partial charge in [-0.2, -0.15) is 0 Å². The number of hydrogen-bond acceptors (Lipinski definition) is 1. The molecule has 1 aliphatic rings. The van der Waals surface area contributed by atoms with Crippen LogP contribution < -0.4 is 0 Å². The Morgan fingerprint density at radius 1 is 1.20 bits per heavy atom. The molecule has 0 fully saturated rings. The first kappa shape index (κ1) is 11.2. The van der Waals surface area contributed by atoms with Crippen LogP contribution in [0.5, 0.6) is 0 Å². The van der Waals surface area contributed by atoms with Crippen LogP contribution in [0.15, 0.2) is 0 Å². The fourth-order valence-electron chi connectivity index (χ4n) is 2.48. The minimum Gasteiger partial charge on any atom is -0.144 e. The zero-order valence-corrected chi connectivity index (χ0v) is 11.6. The highest BCUT2D eigenvalue weighted by atomic mass is 32.1. The molecule has 15 heavy (non-hydrogen) atoms. The Hall–Kier alpha value is -0.300. The summed E-state index contributed by atoms with van der Waals surface area (Å²) in [5.74, 6) is 1.47. The van der Waals surface area contributed by atoms with Crippen molar-refractivity contribution in [3.8, 4) is 0 Å². The molecule has 0 bridgehead atoms. The van der Waals surface area contributed by atoms with Crippen molar-refractivity contribution in [1.82, 2.24) is 0 Å². The molecule has 0 aliphatic heterocycles. The fraction of sp³-hybridized carbons (Fsp3) is 0.714. The summed E-state index contributed by atoms with van der Waals surface area (Å²) in [7, 11) is 0. The lowest BCUT2D eigenvalue weighted by atomic mass is 9.71. The molecule has 0 spiro atoms. The van der Waals surface area contributed by atoms with Crippen molar-refractivity contribution in [2.45, 2.75) is 59.3 Å².